The quantitative estimate of drug-likeness (QED) is 0.557. The van der Waals surface area contributed by atoms with E-state index < -0.39 is 10.0 Å². The molecule has 9 heteroatoms. The van der Waals surface area contributed by atoms with Crippen molar-refractivity contribution in [1.82, 2.24) is 14.6 Å². The standard InChI is InChI=1S/C20H23ClN4O3S/c1-16-5-7-19(8-6-16)29(27,28)25-11-9-24(10-12-25)15-20(26)23-22-14-17-3-2-4-18(21)13-17/h2-8,13-14H,9-12,15H2,1H3,(H,23,26)/b22-14-. The van der Waals surface area contributed by atoms with Gasteiger partial charge in [0.1, 0.15) is 0 Å². The number of halogens is 1. The van der Waals surface area contributed by atoms with Crippen LogP contribution in [0.1, 0.15) is 11.1 Å². The molecule has 1 aliphatic heterocycles. The largest absolute Gasteiger partial charge is 0.292 e. The van der Waals surface area contributed by atoms with E-state index in [1.54, 1.807) is 42.5 Å². The summed E-state index contributed by atoms with van der Waals surface area (Å²) in [7, 11) is -3.51. The normalized spacial score (nSPS) is 16.2. The van der Waals surface area contributed by atoms with Gasteiger partial charge in [0, 0.05) is 31.2 Å². The van der Waals surface area contributed by atoms with Crippen molar-refractivity contribution in [3.63, 3.8) is 0 Å². The Kier molecular flexibility index (Phi) is 7.02. The van der Waals surface area contributed by atoms with Crippen molar-refractivity contribution in [3.05, 3.63) is 64.7 Å². The highest BCUT2D eigenvalue weighted by Crippen LogP contribution is 2.18. The van der Waals surface area contributed by atoms with Gasteiger partial charge in [-0.1, -0.05) is 41.4 Å². The maximum absolute atomic E-state index is 12.7. The van der Waals surface area contributed by atoms with Crippen molar-refractivity contribution in [2.24, 2.45) is 5.10 Å². The highest BCUT2D eigenvalue weighted by Gasteiger charge is 2.28. The Morgan fingerprint density at radius 2 is 1.83 bits per heavy atom. The van der Waals surface area contributed by atoms with Crippen LogP contribution in [0.4, 0.5) is 0 Å². The lowest BCUT2D eigenvalue weighted by atomic mass is 10.2. The molecule has 1 N–H and O–H groups in total. The second-order valence-corrected chi connectivity index (χ2v) is 9.22. The minimum absolute atomic E-state index is 0.158. The van der Waals surface area contributed by atoms with Gasteiger partial charge >= 0.3 is 0 Å². The molecule has 3 rings (SSSR count). The number of hydrogen-bond donors (Lipinski definition) is 1. The Hall–Kier alpha value is -2.26. The zero-order chi connectivity index (χ0) is 20.9. The first-order valence-corrected chi connectivity index (χ1v) is 11.0. The molecule has 0 atom stereocenters. The Labute approximate surface area is 176 Å². The highest BCUT2D eigenvalue weighted by atomic mass is 35.5. The van der Waals surface area contributed by atoms with E-state index in [1.807, 2.05) is 17.9 Å². The number of piperazine rings is 1. The minimum atomic E-state index is -3.51. The van der Waals surface area contributed by atoms with Crippen molar-refractivity contribution in [1.29, 1.82) is 0 Å². The summed E-state index contributed by atoms with van der Waals surface area (Å²) in [6.45, 7) is 3.72. The van der Waals surface area contributed by atoms with Crippen LogP contribution in [0.2, 0.25) is 5.02 Å². The van der Waals surface area contributed by atoms with Crippen molar-refractivity contribution >= 4 is 33.7 Å². The number of hydrazone groups is 1. The van der Waals surface area contributed by atoms with Crippen LogP contribution < -0.4 is 5.43 Å². The molecule has 2 aromatic rings. The van der Waals surface area contributed by atoms with Crippen LogP contribution in [-0.2, 0) is 14.8 Å². The monoisotopic (exact) mass is 434 g/mol. The smallest absolute Gasteiger partial charge is 0.254 e. The van der Waals surface area contributed by atoms with E-state index in [9.17, 15) is 13.2 Å². The number of carbonyl (C=O) groups is 1. The van der Waals surface area contributed by atoms with Gasteiger partial charge in [-0.15, -0.1) is 0 Å². The predicted molar refractivity (Wildman–Crippen MR) is 114 cm³/mol. The fourth-order valence-electron chi connectivity index (χ4n) is 2.99. The topological polar surface area (TPSA) is 82.1 Å². The van der Waals surface area contributed by atoms with Gasteiger partial charge in [0.15, 0.2) is 0 Å². The Bertz CT molecular complexity index is 985. The molecule has 0 radical (unpaired) electrons. The summed E-state index contributed by atoms with van der Waals surface area (Å²) in [6.07, 6.45) is 1.52. The number of hydrogen-bond acceptors (Lipinski definition) is 5. The zero-order valence-electron chi connectivity index (χ0n) is 16.1. The van der Waals surface area contributed by atoms with Crippen LogP contribution in [0.15, 0.2) is 58.5 Å². The molecular weight excluding hydrogens is 412 g/mol. The predicted octanol–water partition coefficient (Wildman–Crippen LogP) is 2.11. The molecule has 2 aromatic carbocycles. The van der Waals surface area contributed by atoms with E-state index in [2.05, 4.69) is 10.5 Å². The highest BCUT2D eigenvalue weighted by molar-refractivity contribution is 7.89. The fraction of sp³-hybridized carbons (Fsp3) is 0.300. The molecule has 1 aliphatic rings. The molecule has 0 unspecified atom stereocenters. The van der Waals surface area contributed by atoms with Gasteiger partial charge in [0.2, 0.25) is 10.0 Å². The summed E-state index contributed by atoms with van der Waals surface area (Å²) in [4.78, 5) is 14.3. The van der Waals surface area contributed by atoms with Crippen LogP contribution in [0, 0.1) is 6.92 Å². The molecular formula is C20H23ClN4O3S. The molecule has 0 aromatic heterocycles. The lowest BCUT2D eigenvalue weighted by Crippen LogP contribution is -2.50. The van der Waals surface area contributed by atoms with E-state index in [-0.39, 0.29) is 12.5 Å². The van der Waals surface area contributed by atoms with Crippen molar-refractivity contribution < 1.29 is 13.2 Å². The number of sulfonamides is 1. The maximum atomic E-state index is 12.7. The molecule has 0 aliphatic carbocycles. The van der Waals surface area contributed by atoms with E-state index in [4.69, 9.17) is 11.6 Å². The Balaban J connectivity index is 1.48. The van der Waals surface area contributed by atoms with Gasteiger partial charge in [0.05, 0.1) is 17.7 Å². The maximum Gasteiger partial charge on any atom is 0.254 e. The van der Waals surface area contributed by atoms with Crippen LogP contribution in [-0.4, -0.2) is 62.5 Å². The van der Waals surface area contributed by atoms with Gasteiger partial charge in [-0.05, 0) is 36.8 Å². The number of carbonyl (C=O) groups excluding carboxylic acids is 1. The molecule has 1 amide bonds. The van der Waals surface area contributed by atoms with Gasteiger partial charge in [-0.25, -0.2) is 13.8 Å². The first-order chi connectivity index (χ1) is 13.8. The summed E-state index contributed by atoms with van der Waals surface area (Å²) < 4.78 is 26.9. The molecule has 1 saturated heterocycles. The average molecular weight is 435 g/mol. The third kappa shape index (κ3) is 5.86. The Morgan fingerprint density at radius 3 is 2.48 bits per heavy atom. The number of aryl methyl sites for hydroxylation is 1. The average Bonchev–Trinajstić information content (AvgIpc) is 2.69. The summed E-state index contributed by atoms with van der Waals surface area (Å²) >= 11 is 5.90. The number of rotatable bonds is 6. The lowest BCUT2D eigenvalue weighted by molar-refractivity contribution is -0.122. The lowest BCUT2D eigenvalue weighted by Gasteiger charge is -2.33. The van der Waals surface area contributed by atoms with Crippen LogP contribution >= 0.6 is 11.6 Å². The molecule has 7 nitrogen and oxygen atoms in total. The van der Waals surface area contributed by atoms with E-state index in [1.165, 1.54) is 10.5 Å². The Morgan fingerprint density at radius 1 is 1.14 bits per heavy atom. The molecule has 1 heterocycles. The fourth-order valence-corrected chi connectivity index (χ4v) is 4.61. The van der Waals surface area contributed by atoms with Crippen molar-refractivity contribution in [2.75, 3.05) is 32.7 Å². The minimum Gasteiger partial charge on any atom is -0.292 e. The van der Waals surface area contributed by atoms with Gasteiger partial charge in [-0.2, -0.15) is 9.41 Å². The van der Waals surface area contributed by atoms with E-state index >= 15 is 0 Å². The summed E-state index contributed by atoms with van der Waals surface area (Å²) in [5.74, 6) is -0.252. The van der Waals surface area contributed by atoms with Crippen LogP contribution in [0.25, 0.3) is 0 Å². The number of nitrogens with zero attached hydrogens (tertiary/aromatic N) is 3. The van der Waals surface area contributed by atoms with E-state index in [0.717, 1.165) is 11.1 Å². The van der Waals surface area contributed by atoms with Crippen LogP contribution in [0.3, 0.4) is 0 Å². The second kappa shape index (κ2) is 9.49. The summed E-state index contributed by atoms with van der Waals surface area (Å²) in [5.41, 5.74) is 4.28. The van der Waals surface area contributed by atoms with Gasteiger partial charge in [0.25, 0.3) is 5.91 Å². The van der Waals surface area contributed by atoms with Crippen LogP contribution in [0.5, 0.6) is 0 Å². The second-order valence-electron chi connectivity index (χ2n) is 6.84. The SMILES string of the molecule is Cc1ccc(S(=O)(=O)N2CCN(CC(=O)N/N=C\c3cccc(Cl)c3)CC2)cc1. The van der Waals surface area contributed by atoms with Gasteiger partial charge < -0.3 is 0 Å². The third-order valence-corrected chi connectivity index (χ3v) is 6.76. The summed E-state index contributed by atoms with van der Waals surface area (Å²) in [6, 6.07) is 14.0. The van der Waals surface area contributed by atoms with Gasteiger partial charge in [-0.3, -0.25) is 9.69 Å². The number of amides is 1. The summed E-state index contributed by atoms with van der Waals surface area (Å²) in [5, 5.41) is 4.53. The van der Waals surface area contributed by atoms with Crippen molar-refractivity contribution in [2.45, 2.75) is 11.8 Å². The molecule has 0 bridgehead atoms. The molecule has 0 saturated carbocycles. The first kappa shape index (κ1) is 21.4. The number of nitrogens with one attached hydrogen (secondary N) is 1. The first-order valence-electron chi connectivity index (χ1n) is 9.21. The third-order valence-electron chi connectivity index (χ3n) is 4.61. The number of benzene rings is 2. The molecule has 1 fully saturated rings. The molecule has 0 spiro atoms. The zero-order valence-corrected chi connectivity index (χ0v) is 17.7. The van der Waals surface area contributed by atoms with Crippen molar-refractivity contribution in [3.8, 4) is 0 Å². The molecule has 154 valence electrons. The molecule has 29 heavy (non-hydrogen) atoms. The van der Waals surface area contributed by atoms with E-state index in [0.29, 0.717) is 36.1 Å².